The van der Waals surface area contributed by atoms with Crippen molar-refractivity contribution < 1.29 is 4.74 Å². The second-order valence-electron chi connectivity index (χ2n) is 7.70. The lowest BCUT2D eigenvalue weighted by Crippen LogP contribution is -2.35. The molecule has 1 saturated heterocycles. The Kier molecular flexibility index (Phi) is 5.03. The first-order valence-electron chi connectivity index (χ1n) is 9.22. The Morgan fingerprint density at radius 2 is 2.07 bits per heavy atom. The summed E-state index contributed by atoms with van der Waals surface area (Å²) in [5.74, 6) is 0.790. The Morgan fingerprint density at radius 3 is 2.74 bits per heavy atom. The molecule has 1 N–H and O–H groups in total. The summed E-state index contributed by atoms with van der Waals surface area (Å²) in [6.45, 7) is 6.93. The zero-order valence-electron chi connectivity index (χ0n) is 16.1. The van der Waals surface area contributed by atoms with Gasteiger partial charge in [0, 0.05) is 11.5 Å². The third kappa shape index (κ3) is 3.65. The molecule has 0 radical (unpaired) electrons. The molecular formula is C20H25N3O2S2. The number of nitrogens with one attached hydrogen (secondary N) is 1. The van der Waals surface area contributed by atoms with E-state index in [9.17, 15) is 4.79 Å². The van der Waals surface area contributed by atoms with E-state index in [0.717, 1.165) is 34.8 Å². The van der Waals surface area contributed by atoms with Crippen molar-refractivity contribution in [2.24, 2.45) is 4.99 Å². The average molecular weight is 404 g/mol. The molecule has 1 fully saturated rings. The lowest BCUT2D eigenvalue weighted by molar-refractivity contribution is -0.0705. The molecule has 144 valence electrons. The number of aromatic amines is 1. The van der Waals surface area contributed by atoms with Crippen molar-refractivity contribution in [3.63, 3.8) is 0 Å². The highest BCUT2D eigenvalue weighted by atomic mass is 32.2. The largest absolute Gasteiger partial charge is 0.375 e. The smallest absolute Gasteiger partial charge is 0.271 e. The molecule has 3 heterocycles. The predicted molar refractivity (Wildman–Crippen MR) is 114 cm³/mol. The Bertz CT molecular complexity index is 928. The number of hydrogen-bond acceptors (Lipinski definition) is 5. The van der Waals surface area contributed by atoms with E-state index in [1.165, 1.54) is 4.90 Å². The second-order valence-corrected chi connectivity index (χ2v) is 9.88. The molecule has 0 unspecified atom stereocenters. The number of aliphatic imine (C=N–C) groups is 1. The predicted octanol–water partition coefficient (Wildman–Crippen LogP) is 4.91. The van der Waals surface area contributed by atoms with Crippen molar-refractivity contribution in [3.05, 3.63) is 45.7 Å². The van der Waals surface area contributed by atoms with Gasteiger partial charge in [-0.15, -0.1) is 11.8 Å². The highest BCUT2D eigenvalue weighted by Crippen LogP contribution is 2.45. The molecule has 0 saturated carbocycles. The van der Waals surface area contributed by atoms with Crippen LogP contribution in [0.5, 0.6) is 0 Å². The molecule has 4 rings (SSSR count). The van der Waals surface area contributed by atoms with Crippen LogP contribution in [-0.4, -0.2) is 33.3 Å². The molecule has 2 aromatic rings. The van der Waals surface area contributed by atoms with Gasteiger partial charge in [0.2, 0.25) is 0 Å². The van der Waals surface area contributed by atoms with Crippen LogP contribution in [0.1, 0.15) is 56.0 Å². The van der Waals surface area contributed by atoms with Crippen molar-refractivity contribution in [1.82, 2.24) is 9.78 Å². The van der Waals surface area contributed by atoms with Crippen molar-refractivity contribution in [1.29, 1.82) is 0 Å². The molecule has 1 aromatic heterocycles. The van der Waals surface area contributed by atoms with Crippen molar-refractivity contribution in [3.8, 4) is 0 Å². The standard InChI is InChI=1S/C20H25N3O2S2/c1-12-21-18-16(17(27-12)13-5-7-15(26-4)8-6-13)19(24)22-23(18)14-9-10-25-20(2,3)11-14/h5-8,14,17H,9-11H2,1-4H3,(H,22,24)/t14-,17-/m0/s1. The Morgan fingerprint density at radius 1 is 1.33 bits per heavy atom. The topological polar surface area (TPSA) is 59.4 Å². The summed E-state index contributed by atoms with van der Waals surface area (Å²) >= 11 is 3.38. The Labute approximate surface area is 168 Å². The normalized spacial score (nSPS) is 24.4. The summed E-state index contributed by atoms with van der Waals surface area (Å²) in [5.41, 5.74) is 1.69. The van der Waals surface area contributed by atoms with Crippen molar-refractivity contribution >= 4 is 34.4 Å². The highest BCUT2D eigenvalue weighted by molar-refractivity contribution is 8.14. The quantitative estimate of drug-likeness (QED) is 0.740. The molecule has 0 bridgehead atoms. The van der Waals surface area contributed by atoms with E-state index >= 15 is 0 Å². The summed E-state index contributed by atoms with van der Waals surface area (Å²) in [6.07, 6.45) is 3.81. The Hall–Kier alpha value is -1.44. The van der Waals surface area contributed by atoms with Gasteiger partial charge in [-0.25, -0.2) is 4.99 Å². The minimum atomic E-state index is -0.188. The molecule has 1 aromatic carbocycles. The number of thioether (sulfide) groups is 2. The minimum Gasteiger partial charge on any atom is -0.375 e. The van der Waals surface area contributed by atoms with E-state index in [-0.39, 0.29) is 22.5 Å². The van der Waals surface area contributed by atoms with Gasteiger partial charge in [0.05, 0.1) is 27.5 Å². The first-order chi connectivity index (χ1) is 12.9. The van der Waals surface area contributed by atoms with Crippen molar-refractivity contribution in [2.75, 3.05) is 12.9 Å². The van der Waals surface area contributed by atoms with Crippen LogP contribution in [0.25, 0.3) is 0 Å². The number of hydrogen-bond donors (Lipinski definition) is 1. The van der Waals surface area contributed by atoms with Crippen molar-refractivity contribution in [2.45, 2.75) is 55.4 Å². The number of ether oxygens (including phenoxy) is 1. The molecule has 27 heavy (non-hydrogen) atoms. The fraction of sp³-hybridized carbons (Fsp3) is 0.500. The van der Waals surface area contributed by atoms with Crippen LogP contribution in [-0.2, 0) is 4.74 Å². The maximum Gasteiger partial charge on any atom is 0.271 e. The van der Waals surface area contributed by atoms with Gasteiger partial charge in [-0.3, -0.25) is 14.6 Å². The number of nitrogens with zero attached hydrogens (tertiary/aromatic N) is 2. The molecule has 0 amide bonds. The zero-order valence-corrected chi connectivity index (χ0v) is 17.7. The second kappa shape index (κ2) is 7.18. The van der Waals surface area contributed by atoms with Crippen LogP contribution < -0.4 is 5.56 Å². The van der Waals surface area contributed by atoms with Gasteiger partial charge in [0.15, 0.2) is 5.82 Å². The summed E-state index contributed by atoms with van der Waals surface area (Å²) < 4.78 is 7.85. The van der Waals surface area contributed by atoms with Crippen LogP contribution in [0, 0.1) is 0 Å². The number of H-pyrrole nitrogens is 1. The van der Waals surface area contributed by atoms with E-state index < -0.39 is 0 Å². The molecule has 0 spiro atoms. The van der Waals surface area contributed by atoms with E-state index in [4.69, 9.17) is 9.73 Å². The monoisotopic (exact) mass is 403 g/mol. The Balaban J connectivity index is 1.76. The molecular weight excluding hydrogens is 378 g/mol. The fourth-order valence-electron chi connectivity index (χ4n) is 3.91. The lowest BCUT2D eigenvalue weighted by atomic mass is 9.94. The molecule has 2 aliphatic rings. The van der Waals surface area contributed by atoms with E-state index in [2.05, 4.69) is 49.5 Å². The van der Waals surface area contributed by atoms with Crippen LogP contribution in [0.3, 0.4) is 0 Å². The number of fused-ring (bicyclic) bond motifs is 1. The fourth-order valence-corrected chi connectivity index (χ4v) is 5.42. The summed E-state index contributed by atoms with van der Waals surface area (Å²) in [7, 11) is 0. The third-order valence-corrected chi connectivity index (χ3v) is 7.12. The maximum atomic E-state index is 12.9. The number of benzene rings is 1. The first-order valence-corrected chi connectivity index (χ1v) is 11.3. The third-order valence-electron chi connectivity index (χ3n) is 5.20. The molecule has 7 heteroatoms. The van der Waals surface area contributed by atoms with E-state index in [0.29, 0.717) is 6.61 Å². The van der Waals surface area contributed by atoms with Crippen LogP contribution in [0.2, 0.25) is 0 Å². The maximum absolute atomic E-state index is 12.9. The average Bonchev–Trinajstić information content (AvgIpc) is 2.97. The van der Waals surface area contributed by atoms with Gasteiger partial charge in [-0.05, 0) is 57.6 Å². The summed E-state index contributed by atoms with van der Waals surface area (Å²) in [5, 5.41) is 4.05. The SMILES string of the molecule is CSc1ccc([C@@H]2SC(C)=Nc3c2c(=O)[nH]n3[C@H]2CCOC(C)(C)C2)cc1. The van der Waals surface area contributed by atoms with E-state index in [1.54, 1.807) is 23.5 Å². The van der Waals surface area contributed by atoms with E-state index in [1.807, 2.05) is 11.6 Å². The van der Waals surface area contributed by atoms with Gasteiger partial charge in [0.1, 0.15) is 0 Å². The van der Waals surface area contributed by atoms with Gasteiger partial charge < -0.3 is 4.74 Å². The zero-order chi connectivity index (χ0) is 19.2. The summed E-state index contributed by atoms with van der Waals surface area (Å²) in [6, 6.07) is 8.69. The van der Waals surface area contributed by atoms with Crippen LogP contribution in [0.4, 0.5) is 5.82 Å². The molecule has 5 nitrogen and oxygen atoms in total. The summed E-state index contributed by atoms with van der Waals surface area (Å²) in [4.78, 5) is 18.9. The number of rotatable bonds is 3. The lowest BCUT2D eigenvalue weighted by Gasteiger charge is -2.36. The van der Waals surface area contributed by atoms with Crippen LogP contribution in [0.15, 0.2) is 38.9 Å². The molecule has 0 aliphatic carbocycles. The molecule has 2 aliphatic heterocycles. The van der Waals surface area contributed by atoms with Gasteiger partial charge in [0.25, 0.3) is 5.56 Å². The van der Waals surface area contributed by atoms with Gasteiger partial charge in [-0.1, -0.05) is 23.9 Å². The van der Waals surface area contributed by atoms with Gasteiger partial charge in [-0.2, -0.15) is 0 Å². The highest BCUT2D eigenvalue weighted by Gasteiger charge is 2.35. The minimum absolute atomic E-state index is 0.0220. The van der Waals surface area contributed by atoms with Gasteiger partial charge >= 0.3 is 0 Å². The number of aromatic nitrogens is 2. The first kappa shape index (κ1) is 18.9. The molecule has 2 atom stereocenters. The van der Waals surface area contributed by atoms with Crippen LogP contribution >= 0.6 is 23.5 Å².